The average molecular weight is 340 g/mol. The molecule has 25 heavy (non-hydrogen) atoms. The highest BCUT2D eigenvalue weighted by atomic mass is 16.6. The lowest BCUT2D eigenvalue weighted by Gasteiger charge is -2.31. The number of nitrogens with zero attached hydrogens (tertiary/aromatic N) is 1. The lowest BCUT2D eigenvalue weighted by molar-refractivity contribution is -0.158. The molecule has 0 radical (unpaired) electrons. The number of rotatable bonds is 2. The summed E-state index contributed by atoms with van der Waals surface area (Å²) >= 11 is 0. The number of aryl methyl sites for hydroxylation is 2. The average Bonchev–Trinajstić information content (AvgIpc) is 3.08. The molecule has 2 amide bonds. The van der Waals surface area contributed by atoms with E-state index in [2.05, 4.69) is 17.4 Å². The normalized spacial score (nSPS) is 19.1. The Bertz CT molecular complexity index is 838. The number of anilines is 1. The van der Waals surface area contributed by atoms with Gasteiger partial charge in [-0.1, -0.05) is 24.3 Å². The number of esters is 1. The zero-order valence-corrected chi connectivity index (χ0v) is 14.1. The summed E-state index contributed by atoms with van der Waals surface area (Å²) in [4.78, 5) is 25.9. The molecule has 130 valence electrons. The van der Waals surface area contributed by atoms with Gasteiger partial charge in [-0.2, -0.15) is 0 Å². The first-order chi connectivity index (χ1) is 12.2. The van der Waals surface area contributed by atoms with E-state index in [1.165, 1.54) is 23.6 Å². The number of carbonyl (C=O) groups is 2. The Morgan fingerprint density at radius 1 is 1.20 bits per heavy atom. The topological polar surface area (TPSA) is 67.9 Å². The maximum Gasteiger partial charge on any atom is 0.336 e. The van der Waals surface area contributed by atoms with Gasteiger partial charge in [0.25, 0.3) is 0 Å². The number of ether oxygens (including phenoxy) is 2. The largest absolute Gasteiger partial charge is 0.467 e. The third-order valence-corrected chi connectivity index (χ3v) is 4.94. The minimum Gasteiger partial charge on any atom is -0.467 e. The van der Waals surface area contributed by atoms with E-state index < -0.39 is 12.1 Å². The van der Waals surface area contributed by atoms with Gasteiger partial charge in [0.15, 0.2) is 6.10 Å². The maximum atomic E-state index is 12.7. The van der Waals surface area contributed by atoms with Crippen molar-refractivity contribution in [1.29, 1.82) is 0 Å². The number of amides is 2. The second-order valence-corrected chi connectivity index (χ2v) is 6.37. The smallest absolute Gasteiger partial charge is 0.336 e. The van der Waals surface area contributed by atoms with Crippen molar-refractivity contribution in [2.45, 2.75) is 18.9 Å². The van der Waals surface area contributed by atoms with Gasteiger partial charge >= 0.3 is 12.0 Å². The number of nitrogens with one attached hydrogen (secondary N) is 1. The summed E-state index contributed by atoms with van der Waals surface area (Å²) in [6, 6.07) is 10.0. The van der Waals surface area contributed by atoms with Crippen LogP contribution in [0, 0.1) is 0 Å². The fraction of sp³-hybridized carbons (Fsp3) is 0.368. The molecule has 0 saturated carbocycles. The summed E-state index contributed by atoms with van der Waals surface area (Å²) in [5.74, 6) is -0.456. The second-order valence-electron chi connectivity index (χ2n) is 6.37. The van der Waals surface area contributed by atoms with Crippen molar-refractivity contribution in [2.24, 2.45) is 0 Å². The number of benzene rings is 2. The van der Waals surface area contributed by atoms with Crippen molar-refractivity contribution in [3.8, 4) is 0 Å². The zero-order valence-electron chi connectivity index (χ0n) is 14.1. The van der Waals surface area contributed by atoms with Gasteiger partial charge in [0, 0.05) is 11.9 Å². The molecule has 1 N–H and O–H groups in total. The van der Waals surface area contributed by atoms with Gasteiger partial charge in [0.2, 0.25) is 0 Å². The van der Waals surface area contributed by atoms with Crippen LogP contribution in [-0.4, -0.2) is 49.8 Å². The molecule has 2 aromatic rings. The van der Waals surface area contributed by atoms with Crippen LogP contribution in [0.15, 0.2) is 30.3 Å². The summed E-state index contributed by atoms with van der Waals surface area (Å²) in [7, 11) is 1.32. The zero-order chi connectivity index (χ0) is 17.4. The minimum absolute atomic E-state index is 0.194. The van der Waals surface area contributed by atoms with Crippen LogP contribution >= 0.6 is 0 Å². The van der Waals surface area contributed by atoms with Gasteiger partial charge in [-0.15, -0.1) is 0 Å². The van der Waals surface area contributed by atoms with Crippen LogP contribution in [0.3, 0.4) is 0 Å². The molecule has 0 bridgehead atoms. The number of carbonyl (C=O) groups excluding carboxylic acids is 2. The van der Waals surface area contributed by atoms with Crippen molar-refractivity contribution in [1.82, 2.24) is 4.90 Å². The Labute approximate surface area is 145 Å². The van der Waals surface area contributed by atoms with E-state index in [1.807, 2.05) is 18.2 Å². The molecular weight excluding hydrogens is 320 g/mol. The number of urea groups is 1. The Morgan fingerprint density at radius 2 is 2.00 bits per heavy atom. The lowest BCUT2D eigenvalue weighted by atomic mass is 10.0. The van der Waals surface area contributed by atoms with Crippen molar-refractivity contribution in [3.05, 3.63) is 41.5 Å². The summed E-state index contributed by atoms with van der Waals surface area (Å²) in [5, 5.41) is 5.32. The number of hydrogen-bond donors (Lipinski definition) is 1. The highest BCUT2D eigenvalue weighted by Gasteiger charge is 2.30. The fourth-order valence-electron chi connectivity index (χ4n) is 3.66. The van der Waals surface area contributed by atoms with Crippen LogP contribution in [0.1, 0.15) is 11.1 Å². The van der Waals surface area contributed by atoms with Crippen molar-refractivity contribution >= 4 is 28.5 Å². The maximum absolute atomic E-state index is 12.7. The van der Waals surface area contributed by atoms with Crippen molar-refractivity contribution < 1.29 is 19.1 Å². The van der Waals surface area contributed by atoms with Crippen molar-refractivity contribution in [3.63, 3.8) is 0 Å². The highest BCUT2D eigenvalue weighted by Crippen LogP contribution is 2.35. The molecule has 1 unspecified atom stereocenters. The minimum atomic E-state index is -0.725. The summed E-state index contributed by atoms with van der Waals surface area (Å²) < 4.78 is 10.1. The monoisotopic (exact) mass is 340 g/mol. The summed E-state index contributed by atoms with van der Waals surface area (Å²) in [5.41, 5.74) is 3.47. The van der Waals surface area contributed by atoms with Gasteiger partial charge < -0.3 is 19.7 Å². The predicted molar refractivity (Wildman–Crippen MR) is 93.7 cm³/mol. The third kappa shape index (κ3) is 2.82. The van der Waals surface area contributed by atoms with E-state index in [1.54, 1.807) is 4.90 Å². The van der Waals surface area contributed by atoms with Crippen LogP contribution in [0.2, 0.25) is 0 Å². The Morgan fingerprint density at radius 3 is 2.80 bits per heavy atom. The molecule has 1 atom stereocenters. The Balaban J connectivity index is 1.56. The van der Waals surface area contributed by atoms with Crippen LogP contribution in [0.4, 0.5) is 10.5 Å². The standard InChI is InChI=1S/C19H20N2O4/c1-24-18(22)16-11-21(9-10-25-16)19(23)20-15-8-7-13-6-5-12-3-2-4-14(15)17(12)13/h2-4,7-8,16H,5-6,9-11H2,1H3,(H,20,23). The Kier molecular flexibility index (Phi) is 4.05. The van der Waals surface area contributed by atoms with Crippen LogP contribution < -0.4 is 5.32 Å². The fourth-order valence-corrected chi connectivity index (χ4v) is 3.66. The molecule has 1 fully saturated rings. The van der Waals surface area contributed by atoms with Crippen molar-refractivity contribution in [2.75, 3.05) is 32.1 Å². The van der Waals surface area contributed by atoms with Crippen LogP contribution in [-0.2, 0) is 27.1 Å². The molecule has 4 rings (SSSR count). The first kappa shape index (κ1) is 15.9. The first-order valence-electron chi connectivity index (χ1n) is 8.46. The van der Waals surface area contributed by atoms with E-state index in [0.29, 0.717) is 13.2 Å². The molecule has 1 aliphatic carbocycles. The van der Waals surface area contributed by atoms with Crippen LogP contribution in [0.5, 0.6) is 0 Å². The quantitative estimate of drug-likeness (QED) is 0.852. The number of hydrogen-bond acceptors (Lipinski definition) is 4. The van der Waals surface area contributed by atoms with Gasteiger partial charge in [-0.05, 0) is 35.4 Å². The highest BCUT2D eigenvalue weighted by molar-refractivity contribution is 6.04. The molecule has 6 nitrogen and oxygen atoms in total. The molecule has 1 aliphatic heterocycles. The third-order valence-electron chi connectivity index (χ3n) is 4.94. The molecular formula is C19H20N2O4. The molecule has 2 aromatic carbocycles. The molecule has 2 aliphatic rings. The first-order valence-corrected chi connectivity index (χ1v) is 8.46. The van der Waals surface area contributed by atoms with E-state index in [0.717, 1.165) is 23.9 Å². The predicted octanol–water partition coefficient (Wildman–Crippen LogP) is 2.34. The van der Waals surface area contributed by atoms with Gasteiger partial charge in [0.05, 0.1) is 25.9 Å². The summed E-state index contributed by atoms with van der Waals surface area (Å²) in [6.07, 6.45) is 1.38. The molecule has 6 heteroatoms. The molecule has 1 saturated heterocycles. The Hall–Kier alpha value is -2.60. The van der Waals surface area contributed by atoms with Gasteiger partial charge in [-0.25, -0.2) is 9.59 Å². The van der Waals surface area contributed by atoms with Crippen LogP contribution in [0.25, 0.3) is 10.8 Å². The second kappa shape index (κ2) is 6.37. The van der Waals surface area contributed by atoms with Gasteiger partial charge in [-0.3, -0.25) is 0 Å². The number of methoxy groups -OCH3 is 1. The van der Waals surface area contributed by atoms with E-state index in [4.69, 9.17) is 9.47 Å². The van der Waals surface area contributed by atoms with E-state index >= 15 is 0 Å². The van der Waals surface area contributed by atoms with E-state index in [9.17, 15) is 9.59 Å². The lowest BCUT2D eigenvalue weighted by Crippen LogP contribution is -2.50. The molecule has 0 aromatic heterocycles. The SMILES string of the molecule is COC(=O)C1CN(C(=O)Nc2ccc3c4c(cccc24)CC3)CCO1. The van der Waals surface area contributed by atoms with Gasteiger partial charge in [0.1, 0.15) is 0 Å². The summed E-state index contributed by atoms with van der Waals surface area (Å²) in [6.45, 7) is 0.956. The number of morpholine rings is 1. The van der Waals surface area contributed by atoms with E-state index in [-0.39, 0.29) is 12.6 Å². The molecule has 1 heterocycles. The molecule has 0 spiro atoms.